The lowest BCUT2D eigenvalue weighted by atomic mass is 10.2. The van der Waals surface area contributed by atoms with Crippen molar-refractivity contribution < 1.29 is 0 Å². The number of rotatable bonds is 4. The predicted octanol–water partition coefficient (Wildman–Crippen LogP) is 4.19. The summed E-state index contributed by atoms with van der Waals surface area (Å²) in [6, 6.07) is 0. The third kappa shape index (κ3) is 15.6. The lowest BCUT2D eigenvalue weighted by molar-refractivity contribution is 0.869. The number of unbranched alkanes of at least 4 members (excludes halogenated alkanes) is 2. The molecule has 10 heavy (non-hydrogen) atoms. The highest BCUT2D eigenvalue weighted by Crippen LogP contribution is 1.95. The van der Waals surface area contributed by atoms with Crippen LogP contribution in [0.4, 0.5) is 0 Å². The van der Waals surface area contributed by atoms with Gasteiger partial charge in [0.25, 0.3) is 0 Å². The van der Waals surface area contributed by atoms with E-state index in [4.69, 9.17) is 0 Å². The van der Waals surface area contributed by atoms with Gasteiger partial charge in [0.15, 0.2) is 0 Å². The first kappa shape index (κ1) is 16.2. The molecule has 62 valence electrons. The van der Waals surface area contributed by atoms with E-state index in [1.54, 1.807) is 0 Å². The molecule has 0 N–H and O–H groups in total. The van der Waals surface area contributed by atoms with Gasteiger partial charge in [-0.25, -0.2) is 0 Å². The Bertz CT molecular complexity index is 70.1. The summed E-state index contributed by atoms with van der Waals surface area (Å²) in [6.45, 7) is 5.68. The van der Waals surface area contributed by atoms with Crippen molar-refractivity contribution in [2.75, 3.05) is 0 Å². The van der Waals surface area contributed by atoms with Gasteiger partial charge in [-0.2, -0.15) is 0 Å². The van der Waals surface area contributed by atoms with Crippen molar-refractivity contribution in [3.8, 4) is 0 Å². The summed E-state index contributed by atoms with van der Waals surface area (Å²) >= 11 is 0. The van der Waals surface area contributed by atoms with Crippen molar-refractivity contribution in [3.63, 3.8) is 0 Å². The Kier molecular flexibility index (Phi) is 25.7. The van der Waals surface area contributed by atoms with E-state index in [-0.39, 0.29) is 14.9 Å². The van der Waals surface area contributed by atoms with Gasteiger partial charge in [0.2, 0.25) is 0 Å². The highest BCUT2D eigenvalue weighted by molar-refractivity contribution is 4.78. The molecule has 0 saturated heterocycles. The molecule has 0 radical (unpaired) electrons. The quantitative estimate of drug-likeness (QED) is 0.408. The van der Waals surface area contributed by atoms with Gasteiger partial charge in [-0.1, -0.05) is 33.1 Å². The van der Waals surface area contributed by atoms with Crippen LogP contribution in [0.5, 0.6) is 0 Å². The molecule has 0 aromatic carbocycles. The van der Waals surface area contributed by atoms with Crippen LogP contribution in [0, 0.1) is 0 Å². The lowest BCUT2D eigenvalue weighted by Crippen LogP contribution is -1.65. The van der Waals surface area contributed by atoms with Gasteiger partial charge in [-0.3, -0.25) is 0 Å². The van der Waals surface area contributed by atoms with E-state index >= 15 is 0 Å². The molecule has 0 spiro atoms. The van der Waals surface area contributed by atoms with Crippen LogP contribution in [0.25, 0.3) is 0 Å². The second-order valence-electron chi connectivity index (χ2n) is 1.79. The molecule has 0 heteroatoms. The molecule has 0 bridgehead atoms. The number of hydrogen-bond acceptors (Lipinski definition) is 0. The normalized spacial score (nSPS) is 8.10. The molecule has 0 unspecified atom stereocenters. The zero-order valence-corrected chi connectivity index (χ0v) is 5.56. The lowest BCUT2D eigenvalue weighted by Gasteiger charge is -1.85. The summed E-state index contributed by atoms with van der Waals surface area (Å²) < 4.78 is 0. The first-order valence-electron chi connectivity index (χ1n) is 3.14. The first-order valence-corrected chi connectivity index (χ1v) is 3.14. The van der Waals surface area contributed by atoms with Gasteiger partial charge < -0.3 is 0 Å². The Balaban J connectivity index is -0.000000245. The SMILES string of the molecule is C.C.C=CCCCC=CC. The third-order valence-electron chi connectivity index (χ3n) is 1.01. The summed E-state index contributed by atoms with van der Waals surface area (Å²) in [5, 5.41) is 0. The monoisotopic (exact) mass is 142 g/mol. The Morgan fingerprint density at radius 3 is 2.20 bits per heavy atom. The molecule has 0 aromatic rings. The summed E-state index contributed by atoms with van der Waals surface area (Å²) in [4.78, 5) is 0. The van der Waals surface area contributed by atoms with E-state index < -0.39 is 0 Å². The van der Waals surface area contributed by atoms with E-state index in [9.17, 15) is 0 Å². The fourth-order valence-corrected chi connectivity index (χ4v) is 0.547. The highest BCUT2D eigenvalue weighted by Gasteiger charge is 1.75. The van der Waals surface area contributed by atoms with Crippen molar-refractivity contribution in [1.82, 2.24) is 0 Å². The van der Waals surface area contributed by atoms with E-state index in [2.05, 4.69) is 18.7 Å². The summed E-state index contributed by atoms with van der Waals surface area (Å²) in [7, 11) is 0. The zero-order chi connectivity index (χ0) is 6.24. The fourth-order valence-electron chi connectivity index (χ4n) is 0.547. The van der Waals surface area contributed by atoms with Crippen molar-refractivity contribution in [2.24, 2.45) is 0 Å². The number of hydrogen-bond donors (Lipinski definition) is 0. The van der Waals surface area contributed by atoms with Gasteiger partial charge in [0, 0.05) is 0 Å². The van der Waals surface area contributed by atoms with Crippen molar-refractivity contribution >= 4 is 0 Å². The zero-order valence-electron chi connectivity index (χ0n) is 5.56. The van der Waals surface area contributed by atoms with Gasteiger partial charge >= 0.3 is 0 Å². The van der Waals surface area contributed by atoms with Crippen LogP contribution in [0.1, 0.15) is 41.0 Å². The van der Waals surface area contributed by atoms with Crippen LogP contribution in [-0.4, -0.2) is 0 Å². The molecule has 0 aliphatic rings. The minimum Gasteiger partial charge on any atom is -0.103 e. The molecule has 0 saturated carbocycles. The molecule has 0 heterocycles. The van der Waals surface area contributed by atoms with Crippen molar-refractivity contribution in [3.05, 3.63) is 24.8 Å². The maximum Gasteiger partial charge on any atom is -0.0348 e. The van der Waals surface area contributed by atoms with Crippen LogP contribution in [0.2, 0.25) is 0 Å². The molecule has 0 aliphatic heterocycles. The Hall–Kier alpha value is -0.520. The smallest absolute Gasteiger partial charge is 0.0348 e. The number of allylic oxidation sites excluding steroid dienone is 3. The van der Waals surface area contributed by atoms with Gasteiger partial charge in [-0.05, 0) is 26.2 Å². The van der Waals surface area contributed by atoms with E-state index in [1.807, 2.05) is 13.0 Å². The molecule has 0 aromatic heterocycles. The minimum atomic E-state index is 0. The Labute approximate surface area is 66.7 Å². The second kappa shape index (κ2) is 15.8. The highest BCUT2D eigenvalue weighted by atomic mass is 13.8. The predicted molar refractivity (Wildman–Crippen MR) is 52.3 cm³/mol. The summed E-state index contributed by atoms with van der Waals surface area (Å²) in [6.07, 6.45) is 9.82. The second-order valence-corrected chi connectivity index (χ2v) is 1.79. The Morgan fingerprint density at radius 1 is 1.20 bits per heavy atom. The van der Waals surface area contributed by atoms with Crippen LogP contribution < -0.4 is 0 Å². The fraction of sp³-hybridized carbons (Fsp3) is 0.600. The minimum absolute atomic E-state index is 0. The standard InChI is InChI=1S/C8H14.2CH4/c1-3-5-7-8-6-4-2;;/h3-4,6H,1,5,7-8H2,2H3;2*1H4. The molecule has 0 fully saturated rings. The van der Waals surface area contributed by atoms with Crippen LogP contribution >= 0.6 is 0 Å². The maximum absolute atomic E-state index is 3.63. The molecular formula is C10H22. The third-order valence-corrected chi connectivity index (χ3v) is 1.01. The topological polar surface area (TPSA) is 0 Å². The van der Waals surface area contributed by atoms with Crippen molar-refractivity contribution in [2.45, 2.75) is 41.0 Å². The largest absolute Gasteiger partial charge is 0.103 e. The van der Waals surface area contributed by atoms with Gasteiger partial charge in [0.1, 0.15) is 0 Å². The van der Waals surface area contributed by atoms with Crippen LogP contribution in [-0.2, 0) is 0 Å². The van der Waals surface area contributed by atoms with E-state index in [1.165, 1.54) is 12.8 Å². The molecule has 0 aliphatic carbocycles. The van der Waals surface area contributed by atoms with Crippen LogP contribution in [0.3, 0.4) is 0 Å². The Morgan fingerprint density at radius 2 is 1.80 bits per heavy atom. The average Bonchev–Trinajstić information content (AvgIpc) is 1.81. The summed E-state index contributed by atoms with van der Waals surface area (Å²) in [5.41, 5.74) is 0. The van der Waals surface area contributed by atoms with Crippen molar-refractivity contribution in [1.29, 1.82) is 0 Å². The molecule has 0 rings (SSSR count). The molecule has 0 amide bonds. The maximum atomic E-state index is 3.63. The summed E-state index contributed by atoms with van der Waals surface area (Å²) in [5.74, 6) is 0. The molecular weight excluding hydrogens is 120 g/mol. The van der Waals surface area contributed by atoms with E-state index in [0.717, 1.165) is 6.42 Å². The van der Waals surface area contributed by atoms with Crippen LogP contribution in [0.15, 0.2) is 24.8 Å². The molecule has 0 atom stereocenters. The average molecular weight is 142 g/mol. The molecule has 0 nitrogen and oxygen atoms in total. The van der Waals surface area contributed by atoms with Gasteiger partial charge in [0.05, 0.1) is 0 Å². The van der Waals surface area contributed by atoms with E-state index in [0.29, 0.717) is 0 Å². The first-order chi connectivity index (χ1) is 3.91. The van der Waals surface area contributed by atoms with Gasteiger partial charge in [-0.15, -0.1) is 6.58 Å².